The van der Waals surface area contributed by atoms with Crippen LogP contribution in [0.2, 0.25) is 0 Å². The number of aliphatic hydroxyl groups excluding tert-OH is 1. The molecule has 0 aliphatic carbocycles. The Kier molecular flexibility index (Phi) is 4.66. The van der Waals surface area contributed by atoms with Crippen LogP contribution in [0.3, 0.4) is 0 Å². The van der Waals surface area contributed by atoms with E-state index in [1.54, 1.807) is 6.08 Å². The van der Waals surface area contributed by atoms with Crippen LogP contribution in [0, 0.1) is 17.8 Å². The monoisotopic (exact) mass is 200 g/mol. The lowest BCUT2D eigenvalue weighted by atomic mass is 10.0. The highest BCUT2D eigenvalue weighted by Gasteiger charge is 2.07. The lowest BCUT2D eigenvalue weighted by Gasteiger charge is -2.10. The summed E-state index contributed by atoms with van der Waals surface area (Å²) < 4.78 is 0. The summed E-state index contributed by atoms with van der Waals surface area (Å²) in [5.74, 6) is 6.26. The molecule has 0 unspecified atom stereocenters. The summed E-state index contributed by atoms with van der Waals surface area (Å²) in [6, 6.07) is 9.84. The van der Waals surface area contributed by atoms with Crippen LogP contribution in [0.4, 0.5) is 0 Å². The first-order valence-corrected chi connectivity index (χ1v) is 5.08. The van der Waals surface area contributed by atoms with Gasteiger partial charge in [0.25, 0.3) is 0 Å². The summed E-state index contributed by atoms with van der Waals surface area (Å²) in [6.07, 6.45) is 1.77. The Morgan fingerprint density at radius 3 is 2.67 bits per heavy atom. The summed E-state index contributed by atoms with van der Waals surface area (Å²) in [4.78, 5) is 0. The quantitative estimate of drug-likeness (QED) is 0.587. The van der Waals surface area contributed by atoms with Crippen molar-refractivity contribution in [1.29, 1.82) is 0 Å². The molecule has 0 aliphatic rings. The van der Waals surface area contributed by atoms with E-state index < -0.39 is 6.10 Å². The van der Waals surface area contributed by atoms with Gasteiger partial charge in [0.05, 0.1) is 6.10 Å². The van der Waals surface area contributed by atoms with Crippen molar-refractivity contribution >= 4 is 0 Å². The van der Waals surface area contributed by atoms with Crippen LogP contribution in [0.1, 0.15) is 18.9 Å². The summed E-state index contributed by atoms with van der Waals surface area (Å²) in [6.45, 7) is 5.51. The van der Waals surface area contributed by atoms with Crippen LogP contribution in [0.25, 0.3) is 0 Å². The Labute approximate surface area is 91.5 Å². The Morgan fingerprint density at radius 2 is 2.07 bits per heavy atom. The first-order valence-electron chi connectivity index (χ1n) is 5.08. The second kappa shape index (κ2) is 6.06. The SMILES string of the molecule is C=C[C@H](O)[C@@H](C)CC#Cc1ccccc1. The minimum Gasteiger partial charge on any atom is -0.389 e. The highest BCUT2D eigenvalue weighted by atomic mass is 16.3. The van der Waals surface area contributed by atoms with Gasteiger partial charge in [-0.2, -0.15) is 0 Å². The smallest absolute Gasteiger partial charge is 0.0752 e. The normalized spacial score (nSPS) is 13.5. The average Bonchev–Trinajstić information content (AvgIpc) is 2.29. The summed E-state index contributed by atoms with van der Waals surface area (Å²) in [5, 5.41) is 9.44. The predicted molar refractivity (Wildman–Crippen MR) is 63.3 cm³/mol. The fraction of sp³-hybridized carbons (Fsp3) is 0.286. The standard InChI is InChI=1S/C14H16O/c1-3-14(15)12(2)8-7-11-13-9-5-4-6-10-13/h3-6,9-10,12,14-15H,1,8H2,2H3/t12-,14-/m0/s1. The average molecular weight is 200 g/mol. The van der Waals surface area contributed by atoms with Gasteiger partial charge in [0.2, 0.25) is 0 Å². The van der Waals surface area contributed by atoms with Crippen molar-refractivity contribution < 1.29 is 5.11 Å². The van der Waals surface area contributed by atoms with Crippen LogP contribution < -0.4 is 0 Å². The van der Waals surface area contributed by atoms with Crippen molar-refractivity contribution in [2.75, 3.05) is 0 Å². The molecule has 1 N–H and O–H groups in total. The van der Waals surface area contributed by atoms with Gasteiger partial charge >= 0.3 is 0 Å². The van der Waals surface area contributed by atoms with Gasteiger partial charge in [-0.05, 0) is 18.1 Å². The first kappa shape index (κ1) is 11.6. The zero-order chi connectivity index (χ0) is 11.1. The van der Waals surface area contributed by atoms with Gasteiger partial charge in [-0.25, -0.2) is 0 Å². The van der Waals surface area contributed by atoms with E-state index in [0.717, 1.165) is 5.56 Å². The summed E-state index contributed by atoms with van der Waals surface area (Å²) in [7, 11) is 0. The first-order chi connectivity index (χ1) is 7.24. The second-order valence-corrected chi connectivity index (χ2v) is 3.58. The third-order valence-electron chi connectivity index (χ3n) is 2.26. The number of hydrogen-bond acceptors (Lipinski definition) is 1. The molecule has 0 saturated heterocycles. The molecule has 15 heavy (non-hydrogen) atoms. The van der Waals surface area contributed by atoms with E-state index in [0.29, 0.717) is 6.42 Å². The van der Waals surface area contributed by atoms with Gasteiger partial charge in [0, 0.05) is 12.0 Å². The van der Waals surface area contributed by atoms with Gasteiger partial charge in [0.1, 0.15) is 0 Å². The van der Waals surface area contributed by atoms with E-state index in [1.165, 1.54) is 0 Å². The molecular weight excluding hydrogens is 184 g/mol. The largest absolute Gasteiger partial charge is 0.389 e. The minimum absolute atomic E-state index is 0.138. The van der Waals surface area contributed by atoms with Crippen LogP contribution >= 0.6 is 0 Å². The summed E-state index contributed by atoms with van der Waals surface area (Å²) >= 11 is 0. The van der Waals surface area contributed by atoms with Crippen molar-refractivity contribution in [3.05, 3.63) is 48.6 Å². The van der Waals surface area contributed by atoms with E-state index in [9.17, 15) is 5.11 Å². The molecular formula is C14H16O. The molecule has 1 nitrogen and oxygen atoms in total. The fourth-order valence-electron chi connectivity index (χ4n) is 1.19. The second-order valence-electron chi connectivity index (χ2n) is 3.58. The third kappa shape index (κ3) is 4.01. The van der Waals surface area contributed by atoms with Gasteiger partial charge in [-0.1, -0.05) is 43.0 Å². The van der Waals surface area contributed by atoms with E-state index in [-0.39, 0.29) is 5.92 Å². The fourth-order valence-corrected chi connectivity index (χ4v) is 1.19. The lowest BCUT2D eigenvalue weighted by Crippen LogP contribution is -2.13. The number of benzene rings is 1. The maximum Gasteiger partial charge on any atom is 0.0752 e. The molecule has 78 valence electrons. The molecule has 0 aliphatic heterocycles. The molecule has 1 aromatic carbocycles. The number of rotatable bonds is 3. The van der Waals surface area contributed by atoms with Crippen LogP contribution in [-0.4, -0.2) is 11.2 Å². The van der Waals surface area contributed by atoms with Gasteiger partial charge in [-0.3, -0.25) is 0 Å². The minimum atomic E-state index is -0.463. The Morgan fingerprint density at radius 1 is 1.40 bits per heavy atom. The van der Waals surface area contributed by atoms with E-state index >= 15 is 0 Å². The molecule has 0 spiro atoms. The molecule has 1 rings (SSSR count). The molecule has 2 atom stereocenters. The summed E-state index contributed by atoms with van der Waals surface area (Å²) in [5.41, 5.74) is 1.01. The van der Waals surface area contributed by atoms with E-state index in [2.05, 4.69) is 18.4 Å². The van der Waals surface area contributed by atoms with Crippen molar-refractivity contribution in [1.82, 2.24) is 0 Å². The third-order valence-corrected chi connectivity index (χ3v) is 2.26. The highest BCUT2D eigenvalue weighted by molar-refractivity contribution is 5.33. The van der Waals surface area contributed by atoms with Crippen molar-refractivity contribution in [3.8, 4) is 11.8 Å². The van der Waals surface area contributed by atoms with E-state index in [4.69, 9.17) is 0 Å². The predicted octanol–water partition coefficient (Wildman–Crippen LogP) is 2.61. The molecule has 0 bridgehead atoms. The Hall–Kier alpha value is -1.52. The maximum atomic E-state index is 9.44. The molecule has 0 amide bonds. The van der Waals surface area contributed by atoms with Crippen LogP contribution in [0.15, 0.2) is 43.0 Å². The number of hydrogen-bond donors (Lipinski definition) is 1. The zero-order valence-electron chi connectivity index (χ0n) is 8.98. The molecule has 0 radical (unpaired) electrons. The van der Waals surface area contributed by atoms with Crippen LogP contribution in [0.5, 0.6) is 0 Å². The van der Waals surface area contributed by atoms with Crippen molar-refractivity contribution in [2.45, 2.75) is 19.4 Å². The lowest BCUT2D eigenvalue weighted by molar-refractivity contribution is 0.165. The van der Waals surface area contributed by atoms with Crippen LogP contribution in [-0.2, 0) is 0 Å². The molecule has 0 saturated carbocycles. The molecule has 0 fully saturated rings. The Balaban J connectivity index is 2.50. The van der Waals surface area contributed by atoms with Gasteiger partial charge in [0.15, 0.2) is 0 Å². The van der Waals surface area contributed by atoms with Crippen molar-refractivity contribution in [2.24, 2.45) is 5.92 Å². The van der Waals surface area contributed by atoms with Gasteiger partial charge < -0.3 is 5.11 Å². The van der Waals surface area contributed by atoms with Gasteiger partial charge in [-0.15, -0.1) is 6.58 Å². The molecule has 1 aromatic rings. The van der Waals surface area contributed by atoms with Crippen molar-refractivity contribution in [3.63, 3.8) is 0 Å². The molecule has 0 heterocycles. The maximum absolute atomic E-state index is 9.44. The van der Waals surface area contributed by atoms with E-state index in [1.807, 2.05) is 37.3 Å². The Bertz CT molecular complexity index is 356. The highest BCUT2D eigenvalue weighted by Crippen LogP contribution is 2.07. The molecule has 1 heteroatoms. The topological polar surface area (TPSA) is 20.2 Å². The zero-order valence-corrected chi connectivity index (χ0v) is 8.98. The molecule has 0 aromatic heterocycles. The number of aliphatic hydroxyl groups is 1.